The summed E-state index contributed by atoms with van der Waals surface area (Å²) >= 11 is 0. The Labute approximate surface area is 163 Å². The van der Waals surface area contributed by atoms with Crippen LogP contribution in [0.25, 0.3) is 0 Å². The molecule has 2 heterocycles. The molecule has 1 aromatic carbocycles. The van der Waals surface area contributed by atoms with Crippen molar-refractivity contribution in [3.63, 3.8) is 0 Å². The zero-order chi connectivity index (χ0) is 19.1. The van der Waals surface area contributed by atoms with E-state index in [0.717, 1.165) is 51.5 Å². The number of hydrogen-bond acceptors (Lipinski definition) is 3. The van der Waals surface area contributed by atoms with Gasteiger partial charge in [0.25, 0.3) is 0 Å². The number of benzene rings is 1. The Bertz CT molecular complexity index is 608. The predicted molar refractivity (Wildman–Crippen MR) is 110 cm³/mol. The van der Waals surface area contributed by atoms with Crippen molar-refractivity contribution in [2.24, 2.45) is 10.9 Å². The Kier molecular flexibility index (Phi) is 7.13. The Balaban J connectivity index is 1.61. The Morgan fingerprint density at radius 3 is 2.70 bits per heavy atom. The molecule has 3 rings (SSSR count). The maximum atomic E-state index is 6.15. The predicted octanol–water partition coefficient (Wildman–Crippen LogP) is 3.59. The lowest BCUT2D eigenvalue weighted by molar-refractivity contribution is -0.0265. The van der Waals surface area contributed by atoms with E-state index in [9.17, 15) is 0 Å². The lowest BCUT2D eigenvalue weighted by atomic mass is 9.89. The maximum absolute atomic E-state index is 6.15. The maximum Gasteiger partial charge on any atom is 0.191 e. The lowest BCUT2D eigenvalue weighted by Gasteiger charge is -2.33. The van der Waals surface area contributed by atoms with Crippen LogP contribution in [0.3, 0.4) is 0 Å². The second-order valence-corrected chi connectivity index (χ2v) is 8.08. The van der Waals surface area contributed by atoms with Gasteiger partial charge in [-0.15, -0.1) is 0 Å². The summed E-state index contributed by atoms with van der Waals surface area (Å²) < 4.78 is 12.0. The SMILES string of the molecule is CCNC(=NCC1(C)CCCO1)NCC1CCCOC1c1ccc(C)cc1. The largest absolute Gasteiger partial charge is 0.373 e. The highest BCUT2D eigenvalue weighted by atomic mass is 16.5. The number of aliphatic imine (C=N–C) groups is 1. The number of guanidine groups is 1. The van der Waals surface area contributed by atoms with Crippen LogP contribution < -0.4 is 10.6 Å². The molecule has 5 nitrogen and oxygen atoms in total. The normalized spacial score (nSPS) is 28.9. The Morgan fingerprint density at radius 2 is 2.00 bits per heavy atom. The van der Waals surface area contributed by atoms with E-state index >= 15 is 0 Å². The number of hydrogen-bond donors (Lipinski definition) is 2. The third-order valence-electron chi connectivity index (χ3n) is 5.60. The van der Waals surface area contributed by atoms with Crippen molar-refractivity contribution < 1.29 is 9.47 Å². The molecule has 1 aromatic rings. The highest BCUT2D eigenvalue weighted by molar-refractivity contribution is 5.79. The molecule has 0 saturated carbocycles. The van der Waals surface area contributed by atoms with Gasteiger partial charge < -0.3 is 20.1 Å². The van der Waals surface area contributed by atoms with Gasteiger partial charge in [-0.1, -0.05) is 29.8 Å². The zero-order valence-electron chi connectivity index (χ0n) is 17.1. The molecule has 0 radical (unpaired) electrons. The van der Waals surface area contributed by atoms with E-state index in [1.807, 2.05) is 0 Å². The molecule has 3 atom stereocenters. The van der Waals surface area contributed by atoms with Gasteiger partial charge in [-0.25, -0.2) is 0 Å². The minimum atomic E-state index is -0.110. The van der Waals surface area contributed by atoms with Gasteiger partial charge in [-0.2, -0.15) is 0 Å². The van der Waals surface area contributed by atoms with Crippen molar-refractivity contribution in [3.8, 4) is 0 Å². The summed E-state index contributed by atoms with van der Waals surface area (Å²) in [6, 6.07) is 8.75. The number of ether oxygens (including phenoxy) is 2. The van der Waals surface area contributed by atoms with E-state index in [0.29, 0.717) is 12.5 Å². The van der Waals surface area contributed by atoms with E-state index in [-0.39, 0.29) is 11.7 Å². The molecular weight excluding hydrogens is 338 g/mol. The molecule has 150 valence electrons. The molecule has 2 aliphatic heterocycles. The molecule has 0 aromatic heterocycles. The van der Waals surface area contributed by atoms with Gasteiger partial charge in [0.15, 0.2) is 5.96 Å². The summed E-state index contributed by atoms with van der Waals surface area (Å²) in [5, 5.41) is 6.91. The van der Waals surface area contributed by atoms with Crippen LogP contribution in [0.5, 0.6) is 0 Å². The van der Waals surface area contributed by atoms with Gasteiger partial charge in [0, 0.05) is 32.2 Å². The van der Waals surface area contributed by atoms with Crippen molar-refractivity contribution in [3.05, 3.63) is 35.4 Å². The summed E-state index contributed by atoms with van der Waals surface area (Å²) in [7, 11) is 0. The molecule has 27 heavy (non-hydrogen) atoms. The van der Waals surface area contributed by atoms with Crippen LogP contribution in [0, 0.1) is 12.8 Å². The number of nitrogens with one attached hydrogen (secondary N) is 2. The molecule has 2 fully saturated rings. The van der Waals surface area contributed by atoms with Crippen molar-refractivity contribution >= 4 is 5.96 Å². The van der Waals surface area contributed by atoms with E-state index in [1.54, 1.807) is 0 Å². The van der Waals surface area contributed by atoms with Crippen LogP contribution in [-0.2, 0) is 9.47 Å². The topological polar surface area (TPSA) is 54.9 Å². The number of rotatable bonds is 6. The van der Waals surface area contributed by atoms with Gasteiger partial charge in [0.1, 0.15) is 0 Å². The van der Waals surface area contributed by atoms with Gasteiger partial charge in [-0.3, -0.25) is 4.99 Å². The molecule has 3 unspecified atom stereocenters. The number of nitrogens with zero attached hydrogens (tertiary/aromatic N) is 1. The van der Waals surface area contributed by atoms with E-state index in [1.165, 1.54) is 17.5 Å². The first-order valence-electron chi connectivity index (χ1n) is 10.4. The van der Waals surface area contributed by atoms with Crippen LogP contribution in [0.4, 0.5) is 0 Å². The van der Waals surface area contributed by atoms with Crippen LogP contribution >= 0.6 is 0 Å². The van der Waals surface area contributed by atoms with Gasteiger partial charge >= 0.3 is 0 Å². The molecule has 0 aliphatic carbocycles. The molecule has 0 amide bonds. The summed E-state index contributed by atoms with van der Waals surface area (Å²) in [6.45, 7) is 10.5. The molecule has 2 N–H and O–H groups in total. The van der Waals surface area contributed by atoms with E-state index in [2.05, 4.69) is 55.7 Å². The summed E-state index contributed by atoms with van der Waals surface area (Å²) in [5.41, 5.74) is 2.45. The fourth-order valence-electron chi connectivity index (χ4n) is 3.95. The van der Waals surface area contributed by atoms with Crippen molar-refractivity contribution in [1.29, 1.82) is 0 Å². The van der Waals surface area contributed by atoms with Gasteiger partial charge in [-0.05, 0) is 52.0 Å². The smallest absolute Gasteiger partial charge is 0.191 e. The van der Waals surface area contributed by atoms with E-state index in [4.69, 9.17) is 14.5 Å². The summed E-state index contributed by atoms with van der Waals surface area (Å²) in [6.07, 6.45) is 4.67. The third-order valence-corrected chi connectivity index (χ3v) is 5.60. The minimum absolute atomic E-state index is 0.110. The first-order chi connectivity index (χ1) is 13.1. The Morgan fingerprint density at radius 1 is 1.19 bits per heavy atom. The quantitative estimate of drug-likeness (QED) is 0.591. The molecule has 5 heteroatoms. The molecule has 0 spiro atoms. The summed E-state index contributed by atoms with van der Waals surface area (Å²) in [4.78, 5) is 4.79. The second kappa shape index (κ2) is 9.56. The third kappa shape index (κ3) is 5.69. The van der Waals surface area contributed by atoms with Gasteiger partial charge in [0.2, 0.25) is 0 Å². The fraction of sp³-hybridized carbons (Fsp3) is 0.682. The van der Waals surface area contributed by atoms with Crippen LogP contribution in [0.15, 0.2) is 29.3 Å². The minimum Gasteiger partial charge on any atom is -0.373 e. The van der Waals surface area contributed by atoms with Crippen molar-refractivity contribution in [2.45, 2.75) is 58.2 Å². The first-order valence-corrected chi connectivity index (χ1v) is 10.4. The molecule has 2 aliphatic rings. The van der Waals surface area contributed by atoms with Crippen molar-refractivity contribution in [2.75, 3.05) is 32.8 Å². The first kappa shape index (κ1) is 20.2. The average Bonchev–Trinajstić information content (AvgIpc) is 3.12. The second-order valence-electron chi connectivity index (χ2n) is 8.08. The van der Waals surface area contributed by atoms with Crippen molar-refractivity contribution in [1.82, 2.24) is 10.6 Å². The number of aryl methyl sites for hydroxylation is 1. The average molecular weight is 374 g/mol. The lowest BCUT2D eigenvalue weighted by Crippen LogP contribution is -2.43. The highest BCUT2D eigenvalue weighted by Gasteiger charge is 2.30. The Hall–Kier alpha value is -1.59. The van der Waals surface area contributed by atoms with Gasteiger partial charge in [0.05, 0.1) is 18.2 Å². The summed E-state index contributed by atoms with van der Waals surface area (Å²) in [5.74, 6) is 1.33. The standard InChI is InChI=1S/C22H35N3O2/c1-4-23-21(25-16-22(3)12-6-14-27-22)24-15-19-7-5-13-26-20(19)18-10-8-17(2)9-11-18/h8-11,19-20H,4-7,12-16H2,1-3H3,(H2,23,24,25). The van der Waals surface area contributed by atoms with E-state index < -0.39 is 0 Å². The molecule has 2 saturated heterocycles. The zero-order valence-corrected chi connectivity index (χ0v) is 17.1. The van der Waals surface area contributed by atoms with Crippen LogP contribution in [-0.4, -0.2) is 44.4 Å². The highest BCUT2D eigenvalue weighted by Crippen LogP contribution is 2.33. The molecule has 0 bridgehead atoms. The fourth-order valence-corrected chi connectivity index (χ4v) is 3.95. The molecular formula is C22H35N3O2. The monoisotopic (exact) mass is 373 g/mol. The van der Waals surface area contributed by atoms with Crippen LogP contribution in [0.2, 0.25) is 0 Å². The van der Waals surface area contributed by atoms with Crippen LogP contribution in [0.1, 0.15) is 56.8 Å².